The maximum absolute atomic E-state index is 13.4. The number of rotatable bonds is 4. The molecule has 2 aromatic rings. The van der Waals surface area contributed by atoms with Gasteiger partial charge in [0, 0.05) is 12.2 Å². The van der Waals surface area contributed by atoms with E-state index in [2.05, 4.69) is 10.4 Å². The molecule has 0 saturated heterocycles. The zero-order valence-electron chi connectivity index (χ0n) is 10.7. The molecule has 1 atom stereocenters. The second-order valence-electron chi connectivity index (χ2n) is 4.22. The summed E-state index contributed by atoms with van der Waals surface area (Å²) in [6.07, 6.45) is 1.62. The number of carbonyl (C=O) groups excluding carboxylic acids is 1. The highest BCUT2D eigenvalue weighted by Gasteiger charge is 2.13. The Morgan fingerprint density at radius 2 is 2.21 bits per heavy atom. The van der Waals surface area contributed by atoms with Crippen LogP contribution in [0.4, 0.5) is 4.39 Å². The molecule has 19 heavy (non-hydrogen) atoms. The molecule has 0 spiro atoms. The Balaban J connectivity index is 2.51. The van der Waals surface area contributed by atoms with Gasteiger partial charge < -0.3 is 11.1 Å². The molecule has 1 amide bonds. The van der Waals surface area contributed by atoms with Crippen LogP contribution in [0.15, 0.2) is 30.5 Å². The summed E-state index contributed by atoms with van der Waals surface area (Å²) < 4.78 is 14.9. The molecular formula is C13H15FN4O. The molecule has 0 aliphatic heterocycles. The highest BCUT2D eigenvalue weighted by atomic mass is 19.1. The minimum atomic E-state index is -0.593. The average molecular weight is 262 g/mol. The van der Waals surface area contributed by atoms with Crippen LogP contribution in [0, 0.1) is 5.82 Å². The summed E-state index contributed by atoms with van der Waals surface area (Å²) in [7, 11) is 1.79. The monoisotopic (exact) mass is 262 g/mol. The molecule has 0 bridgehead atoms. The molecule has 2 rings (SSSR count). The molecule has 0 saturated carbocycles. The van der Waals surface area contributed by atoms with Crippen molar-refractivity contribution in [2.24, 2.45) is 5.73 Å². The number of carbonyl (C=O) groups is 1. The summed E-state index contributed by atoms with van der Waals surface area (Å²) in [5.41, 5.74) is 6.80. The second kappa shape index (κ2) is 5.19. The van der Waals surface area contributed by atoms with Crippen LogP contribution in [-0.2, 0) is 0 Å². The molecule has 0 fully saturated rings. The Labute approximate surface area is 110 Å². The van der Waals surface area contributed by atoms with E-state index in [4.69, 9.17) is 5.73 Å². The van der Waals surface area contributed by atoms with Crippen molar-refractivity contribution in [1.82, 2.24) is 15.1 Å². The summed E-state index contributed by atoms with van der Waals surface area (Å²) >= 11 is 0. The molecule has 1 aromatic carbocycles. The first-order valence-electron chi connectivity index (χ1n) is 5.85. The van der Waals surface area contributed by atoms with Crippen LogP contribution in [0.3, 0.4) is 0 Å². The van der Waals surface area contributed by atoms with Crippen molar-refractivity contribution in [2.45, 2.75) is 13.0 Å². The fourth-order valence-corrected chi connectivity index (χ4v) is 1.83. The Bertz CT molecular complexity index is 608. The Morgan fingerprint density at radius 3 is 2.79 bits per heavy atom. The Kier molecular flexibility index (Phi) is 3.62. The van der Waals surface area contributed by atoms with E-state index in [9.17, 15) is 9.18 Å². The van der Waals surface area contributed by atoms with Crippen LogP contribution in [0.5, 0.6) is 0 Å². The van der Waals surface area contributed by atoms with Crippen molar-refractivity contribution in [3.8, 4) is 5.69 Å². The Morgan fingerprint density at radius 1 is 1.47 bits per heavy atom. The molecule has 6 heteroatoms. The van der Waals surface area contributed by atoms with E-state index in [-0.39, 0.29) is 17.6 Å². The summed E-state index contributed by atoms with van der Waals surface area (Å²) in [4.78, 5) is 11.0. The van der Waals surface area contributed by atoms with Gasteiger partial charge in [-0.25, -0.2) is 9.07 Å². The number of hydrogen-bond acceptors (Lipinski definition) is 3. The predicted octanol–water partition coefficient (Wildman–Crippen LogP) is 1.39. The van der Waals surface area contributed by atoms with Crippen molar-refractivity contribution in [2.75, 3.05) is 7.05 Å². The number of amides is 1. The zero-order valence-corrected chi connectivity index (χ0v) is 10.7. The zero-order chi connectivity index (χ0) is 14.0. The highest BCUT2D eigenvalue weighted by molar-refractivity contribution is 5.90. The van der Waals surface area contributed by atoms with Crippen molar-refractivity contribution >= 4 is 5.91 Å². The van der Waals surface area contributed by atoms with Gasteiger partial charge in [0.2, 0.25) is 0 Å². The van der Waals surface area contributed by atoms with Gasteiger partial charge in [-0.1, -0.05) is 0 Å². The van der Waals surface area contributed by atoms with E-state index >= 15 is 0 Å². The quantitative estimate of drug-likeness (QED) is 0.874. The smallest absolute Gasteiger partial charge is 0.269 e. The third kappa shape index (κ3) is 2.63. The van der Waals surface area contributed by atoms with E-state index < -0.39 is 5.91 Å². The number of nitrogens with zero attached hydrogens (tertiary/aromatic N) is 2. The van der Waals surface area contributed by atoms with Gasteiger partial charge in [-0.3, -0.25) is 4.79 Å². The summed E-state index contributed by atoms with van der Waals surface area (Å²) in [6, 6.07) is 5.90. The second-order valence-corrected chi connectivity index (χ2v) is 4.22. The SMILES string of the molecule is CNC(C)c1cc(F)ccc1-n1ccc(C(N)=O)n1. The molecule has 5 nitrogen and oxygen atoms in total. The molecular weight excluding hydrogens is 247 g/mol. The normalized spacial score (nSPS) is 12.4. The van der Waals surface area contributed by atoms with E-state index in [1.807, 2.05) is 6.92 Å². The average Bonchev–Trinajstić information content (AvgIpc) is 2.87. The summed E-state index contributed by atoms with van der Waals surface area (Å²) in [5, 5.41) is 7.13. The van der Waals surface area contributed by atoms with Crippen LogP contribution < -0.4 is 11.1 Å². The first kappa shape index (κ1) is 13.2. The van der Waals surface area contributed by atoms with Crippen molar-refractivity contribution < 1.29 is 9.18 Å². The molecule has 100 valence electrons. The lowest BCUT2D eigenvalue weighted by Crippen LogP contribution is -2.16. The third-order valence-electron chi connectivity index (χ3n) is 2.98. The van der Waals surface area contributed by atoms with Crippen LogP contribution in [0.1, 0.15) is 29.0 Å². The summed E-state index contributed by atoms with van der Waals surface area (Å²) in [5.74, 6) is -0.910. The minimum absolute atomic E-state index is 0.0491. The molecule has 1 aromatic heterocycles. The van der Waals surface area contributed by atoms with Gasteiger partial charge in [0.1, 0.15) is 11.5 Å². The van der Waals surface area contributed by atoms with Gasteiger partial charge in [0.15, 0.2) is 0 Å². The number of aromatic nitrogens is 2. The maximum Gasteiger partial charge on any atom is 0.269 e. The largest absolute Gasteiger partial charge is 0.364 e. The fourth-order valence-electron chi connectivity index (χ4n) is 1.83. The number of hydrogen-bond donors (Lipinski definition) is 2. The molecule has 0 radical (unpaired) electrons. The third-order valence-corrected chi connectivity index (χ3v) is 2.98. The first-order valence-corrected chi connectivity index (χ1v) is 5.85. The van der Waals surface area contributed by atoms with Gasteiger partial charge in [0.05, 0.1) is 5.69 Å². The summed E-state index contributed by atoms with van der Waals surface area (Å²) in [6.45, 7) is 1.91. The van der Waals surface area contributed by atoms with E-state index in [1.165, 1.54) is 22.9 Å². The van der Waals surface area contributed by atoms with Gasteiger partial charge in [-0.2, -0.15) is 5.10 Å². The molecule has 1 unspecified atom stereocenters. The maximum atomic E-state index is 13.4. The van der Waals surface area contributed by atoms with Crippen molar-refractivity contribution in [3.05, 3.63) is 47.5 Å². The lowest BCUT2D eigenvalue weighted by Gasteiger charge is -2.15. The molecule has 0 aliphatic carbocycles. The number of nitrogens with one attached hydrogen (secondary N) is 1. The standard InChI is InChI=1S/C13H15FN4O/c1-8(16-2)10-7-9(14)3-4-12(10)18-6-5-11(17-18)13(15)19/h3-8,16H,1-2H3,(H2,15,19). The van der Waals surface area contributed by atoms with Crippen LogP contribution in [-0.4, -0.2) is 22.7 Å². The minimum Gasteiger partial charge on any atom is -0.364 e. The van der Waals surface area contributed by atoms with Gasteiger partial charge in [-0.05, 0) is 43.8 Å². The topological polar surface area (TPSA) is 72.9 Å². The number of benzene rings is 1. The van der Waals surface area contributed by atoms with Crippen molar-refractivity contribution in [3.63, 3.8) is 0 Å². The number of halogens is 1. The lowest BCUT2D eigenvalue weighted by atomic mass is 10.1. The van der Waals surface area contributed by atoms with Gasteiger partial charge >= 0.3 is 0 Å². The van der Waals surface area contributed by atoms with E-state index in [0.29, 0.717) is 5.69 Å². The van der Waals surface area contributed by atoms with Crippen LogP contribution >= 0.6 is 0 Å². The molecule has 0 aliphatic rings. The van der Waals surface area contributed by atoms with Gasteiger partial charge in [-0.15, -0.1) is 0 Å². The van der Waals surface area contributed by atoms with Crippen LogP contribution in [0.25, 0.3) is 5.69 Å². The number of nitrogens with two attached hydrogens (primary N) is 1. The molecule has 3 N–H and O–H groups in total. The van der Waals surface area contributed by atoms with E-state index in [1.54, 1.807) is 19.3 Å². The Hall–Kier alpha value is -2.21. The number of primary amides is 1. The fraction of sp³-hybridized carbons (Fsp3) is 0.231. The lowest BCUT2D eigenvalue weighted by molar-refractivity contribution is 0.0995. The van der Waals surface area contributed by atoms with Gasteiger partial charge in [0.25, 0.3) is 5.91 Å². The predicted molar refractivity (Wildman–Crippen MR) is 69.5 cm³/mol. The van der Waals surface area contributed by atoms with Crippen molar-refractivity contribution in [1.29, 1.82) is 0 Å². The highest BCUT2D eigenvalue weighted by Crippen LogP contribution is 2.22. The first-order chi connectivity index (χ1) is 9.02. The van der Waals surface area contributed by atoms with E-state index in [0.717, 1.165) is 5.56 Å². The van der Waals surface area contributed by atoms with Crippen LogP contribution in [0.2, 0.25) is 0 Å². The molecule has 1 heterocycles.